The minimum absolute atomic E-state index is 0.0203. The van der Waals surface area contributed by atoms with Crippen LogP contribution in [0.15, 0.2) is 30.9 Å². The summed E-state index contributed by atoms with van der Waals surface area (Å²) in [6, 6.07) is 3.20. The number of halogens is 2. The third kappa shape index (κ3) is 4.27. The van der Waals surface area contributed by atoms with Crippen LogP contribution in [0.2, 0.25) is 5.02 Å². The number of nitrogens with zero attached hydrogens (tertiary/aromatic N) is 4. The second kappa shape index (κ2) is 9.83. The zero-order valence-electron chi connectivity index (χ0n) is 20.6. The maximum atomic E-state index is 15.0. The number of benzene rings is 1. The number of hydrogen-bond acceptors (Lipinski definition) is 7. The average molecular weight is 531 g/mol. The minimum atomic E-state index is -0.709. The fourth-order valence-electron chi connectivity index (χ4n) is 5.30. The van der Waals surface area contributed by atoms with Crippen molar-refractivity contribution < 1.29 is 28.6 Å². The summed E-state index contributed by atoms with van der Waals surface area (Å²) < 4.78 is 26.8. The number of amides is 2. The van der Waals surface area contributed by atoms with Gasteiger partial charge in [-0.05, 0) is 32.1 Å². The van der Waals surface area contributed by atoms with Crippen molar-refractivity contribution in [3.8, 4) is 22.8 Å². The highest BCUT2D eigenvalue weighted by molar-refractivity contribution is 6.35. The topological polar surface area (TPSA) is 95.4 Å². The Morgan fingerprint density at radius 2 is 1.95 bits per heavy atom. The first kappa shape index (κ1) is 25.3. The number of ether oxygens (including phenoxy) is 2. The number of hydrogen-bond donors (Lipinski definition) is 1. The monoisotopic (exact) mass is 530 g/mol. The Balaban J connectivity index is 1.69. The predicted octanol–water partition coefficient (Wildman–Crippen LogP) is 3.09. The lowest BCUT2D eigenvalue weighted by molar-refractivity contribution is -0.128. The summed E-state index contributed by atoms with van der Waals surface area (Å²) in [6.45, 7) is 9.25. The van der Waals surface area contributed by atoms with E-state index in [9.17, 15) is 19.1 Å². The van der Waals surface area contributed by atoms with Gasteiger partial charge < -0.3 is 29.3 Å². The van der Waals surface area contributed by atoms with Gasteiger partial charge in [-0.2, -0.15) is 0 Å². The number of fused-ring (bicyclic) bond motifs is 2. The minimum Gasteiger partial charge on any atom is -0.507 e. The first-order valence-corrected chi connectivity index (χ1v) is 12.5. The van der Waals surface area contributed by atoms with Gasteiger partial charge in [-0.1, -0.05) is 24.2 Å². The standard InChI is InChI=1S/C26H28ClFN4O5/c1-4-19(34)30-8-9-31-16(10-30)13-37-24-21(26(31)35)25(32-14(2)11-36-12-15(32)3)29-23(22(24)27)20-17(28)6-5-7-18(20)33/h4-7,14-16,33H,1,8-13H2,2-3H3/t14?,15?,16-/m1/s1. The fraction of sp³-hybridized carbons (Fsp3) is 0.423. The molecule has 0 saturated carbocycles. The van der Waals surface area contributed by atoms with Crippen molar-refractivity contribution in [2.24, 2.45) is 0 Å². The molecule has 3 aliphatic heterocycles. The molecule has 2 aromatic rings. The van der Waals surface area contributed by atoms with Crippen LogP contribution in [-0.2, 0) is 9.53 Å². The number of anilines is 1. The number of aromatic nitrogens is 1. The van der Waals surface area contributed by atoms with Crippen LogP contribution in [-0.4, -0.2) is 89.3 Å². The van der Waals surface area contributed by atoms with Gasteiger partial charge in [0.05, 0.1) is 36.9 Å². The molecule has 0 aliphatic carbocycles. The Hall–Kier alpha value is -3.37. The van der Waals surface area contributed by atoms with Gasteiger partial charge in [0.2, 0.25) is 5.91 Å². The number of pyridine rings is 1. The van der Waals surface area contributed by atoms with Crippen molar-refractivity contribution in [1.82, 2.24) is 14.8 Å². The molecule has 11 heteroatoms. The second-order valence-electron chi connectivity index (χ2n) is 9.53. The average Bonchev–Trinajstić information content (AvgIpc) is 3.02. The quantitative estimate of drug-likeness (QED) is 0.609. The largest absolute Gasteiger partial charge is 0.507 e. The van der Waals surface area contributed by atoms with E-state index in [-0.39, 0.29) is 76.2 Å². The molecule has 3 aliphatic rings. The molecule has 1 N–H and O–H groups in total. The van der Waals surface area contributed by atoms with Gasteiger partial charge in [0.1, 0.15) is 40.3 Å². The molecule has 0 spiro atoms. The van der Waals surface area contributed by atoms with Gasteiger partial charge in [0.25, 0.3) is 5.91 Å². The van der Waals surface area contributed by atoms with Crippen LogP contribution in [0, 0.1) is 5.82 Å². The summed E-state index contributed by atoms with van der Waals surface area (Å²) in [5, 5.41) is 10.5. The van der Waals surface area contributed by atoms with Crippen LogP contribution in [0.5, 0.6) is 11.5 Å². The number of carbonyl (C=O) groups is 2. The Morgan fingerprint density at radius 3 is 2.62 bits per heavy atom. The molecule has 196 valence electrons. The zero-order valence-corrected chi connectivity index (χ0v) is 21.4. The molecule has 0 radical (unpaired) electrons. The third-order valence-corrected chi connectivity index (χ3v) is 7.43. The molecule has 2 unspecified atom stereocenters. The lowest BCUT2D eigenvalue weighted by Gasteiger charge is -2.42. The first-order chi connectivity index (χ1) is 17.7. The second-order valence-corrected chi connectivity index (χ2v) is 9.91. The fourth-order valence-corrected chi connectivity index (χ4v) is 5.58. The van der Waals surface area contributed by atoms with Crippen LogP contribution in [0.4, 0.5) is 10.2 Å². The smallest absolute Gasteiger partial charge is 0.261 e. The summed E-state index contributed by atoms with van der Waals surface area (Å²) in [7, 11) is 0. The molecule has 0 bridgehead atoms. The van der Waals surface area contributed by atoms with Crippen LogP contribution in [0.3, 0.4) is 0 Å². The van der Waals surface area contributed by atoms with E-state index >= 15 is 0 Å². The van der Waals surface area contributed by atoms with Gasteiger partial charge in [-0.25, -0.2) is 9.37 Å². The van der Waals surface area contributed by atoms with E-state index in [2.05, 4.69) is 6.58 Å². The Bertz CT molecular complexity index is 1240. The highest BCUT2D eigenvalue weighted by Crippen LogP contribution is 2.46. The van der Waals surface area contributed by atoms with Crippen LogP contribution in [0.25, 0.3) is 11.3 Å². The van der Waals surface area contributed by atoms with E-state index in [0.717, 1.165) is 0 Å². The molecule has 37 heavy (non-hydrogen) atoms. The molecule has 1 aromatic carbocycles. The van der Waals surface area contributed by atoms with Crippen molar-refractivity contribution >= 4 is 29.2 Å². The van der Waals surface area contributed by atoms with E-state index < -0.39 is 11.9 Å². The molecule has 2 saturated heterocycles. The van der Waals surface area contributed by atoms with E-state index in [1.807, 2.05) is 18.7 Å². The SMILES string of the molecule is C=CC(=O)N1CCN2C(=O)c3c(N4C(C)COCC4C)nc(-c4c(O)cccc4F)c(Cl)c3OC[C@H]2C1. The van der Waals surface area contributed by atoms with Crippen LogP contribution >= 0.6 is 11.6 Å². The summed E-state index contributed by atoms with van der Waals surface area (Å²) in [5.41, 5.74) is -0.0184. The van der Waals surface area contributed by atoms with E-state index in [1.54, 1.807) is 9.80 Å². The lowest BCUT2D eigenvalue weighted by Crippen LogP contribution is -2.57. The number of morpholine rings is 1. The number of phenolic OH excluding ortho intramolecular Hbond substituents is 1. The van der Waals surface area contributed by atoms with E-state index in [4.69, 9.17) is 26.1 Å². The number of rotatable bonds is 3. The number of carbonyl (C=O) groups excluding carboxylic acids is 2. The van der Waals surface area contributed by atoms with Gasteiger partial charge in [0, 0.05) is 19.6 Å². The van der Waals surface area contributed by atoms with Crippen LogP contribution < -0.4 is 9.64 Å². The first-order valence-electron chi connectivity index (χ1n) is 12.1. The number of phenols is 1. The highest BCUT2D eigenvalue weighted by atomic mass is 35.5. The molecule has 2 amide bonds. The summed E-state index contributed by atoms with van der Waals surface area (Å²) in [5.74, 6) is -1.23. The maximum absolute atomic E-state index is 15.0. The van der Waals surface area contributed by atoms with Gasteiger partial charge in [-0.3, -0.25) is 9.59 Å². The Morgan fingerprint density at radius 1 is 1.22 bits per heavy atom. The van der Waals surface area contributed by atoms with Crippen molar-refractivity contribution in [3.05, 3.63) is 47.3 Å². The van der Waals surface area contributed by atoms with Crippen LogP contribution in [0.1, 0.15) is 24.2 Å². The summed E-state index contributed by atoms with van der Waals surface area (Å²) in [4.78, 5) is 36.3. The predicted molar refractivity (Wildman–Crippen MR) is 136 cm³/mol. The van der Waals surface area contributed by atoms with Gasteiger partial charge >= 0.3 is 0 Å². The van der Waals surface area contributed by atoms with Crippen molar-refractivity contribution in [3.63, 3.8) is 0 Å². The number of aromatic hydroxyl groups is 1. The Labute approximate surface area is 219 Å². The molecule has 9 nitrogen and oxygen atoms in total. The van der Waals surface area contributed by atoms with E-state index in [0.29, 0.717) is 26.3 Å². The van der Waals surface area contributed by atoms with E-state index in [1.165, 1.54) is 24.3 Å². The molecular formula is C26H28ClFN4O5. The van der Waals surface area contributed by atoms with Gasteiger partial charge in [-0.15, -0.1) is 0 Å². The summed E-state index contributed by atoms with van der Waals surface area (Å²) >= 11 is 6.77. The normalized spacial score (nSPS) is 23.6. The third-order valence-electron chi connectivity index (χ3n) is 7.08. The summed E-state index contributed by atoms with van der Waals surface area (Å²) in [6.07, 6.45) is 1.25. The highest BCUT2D eigenvalue weighted by Gasteiger charge is 2.42. The maximum Gasteiger partial charge on any atom is 0.261 e. The number of piperazine rings is 1. The molecule has 3 atom stereocenters. The van der Waals surface area contributed by atoms with Crippen molar-refractivity contribution in [1.29, 1.82) is 0 Å². The van der Waals surface area contributed by atoms with Crippen molar-refractivity contribution in [2.45, 2.75) is 32.0 Å². The Kier molecular flexibility index (Phi) is 6.72. The molecule has 1 aromatic heterocycles. The molecular weight excluding hydrogens is 503 g/mol. The molecule has 5 rings (SSSR count). The molecule has 4 heterocycles. The molecule has 2 fully saturated rings. The zero-order chi connectivity index (χ0) is 26.4. The van der Waals surface area contributed by atoms with Gasteiger partial charge in [0.15, 0.2) is 5.75 Å². The lowest BCUT2D eigenvalue weighted by atomic mass is 10.0. The van der Waals surface area contributed by atoms with Crippen molar-refractivity contribution in [2.75, 3.05) is 44.4 Å².